The highest BCUT2D eigenvalue weighted by molar-refractivity contribution is 5.99. The highest BCUT2D eigenvalue weighted by Gasteiger charge is 2.11. The van der Waals surface area contributed by atoms with Crippen LogP contribution in [-0.4, -0.2) is 31.7 Å². The summed E-state index contributed by atoms with van der Waals surface area (Å²) in [6.45, 7) is 4.63. The zero-order valence-corrected chi connectivity index (χ0v) is 15.6. The summed E-state index contributed by atoms with van der Waals surface area (Å²) in [5, 5.41) is 4.07. The summed E-state index contributed by atoms with van der Waals surface area (Å²) in [6, 6.07) is 11.4. The molecule has 1 amide bonds. The van der Waals surface area contributed by atoms with Crippen molar-refractivity contribution in [1.82, 2.24) is 10.3 Å². The predicted octanol–water partition coefficient (Wildman–Crippen LogP) is 3.77. The standard InChI is InChI=1S/C21H24N2O3/c1-13-14(2)23-19-8-6-16(11-18(13)19)21(24)22-10-9-15-5-7-17(25-3)12-20(15)26-4/h5-8,11-12,23H,9-10H2,1-4H3,(H,22,24). The number of aromatic amines is 1. The summed E-state index contributed by atoms with van der Waals surface area (Å²) in [7, 11) is 3.26. The third kappa shape index (κ3) is 3.52. The topological polar surface area (TPSA) is 63.3 Å². The van der Waals surface area contributed by atoms with E-state index in [9.17, 15) is 4.79 Å². The van der Waals surface area contributed by atoms with Crippen LogP contribution in [0.3, 0.4) is 0 Å². The number of methoxy groups -OCH3 is 2. The number of rotatable bonds is 6. The van der Waals surface area contributed by atoms with Crippen molar-refractivity contribution in [3.8, 4) is 11.5 Å². The molecule has 26 heavy (non-hydrogen) atoms. The van der Waals surface area contributed by atoms with Crippen molar-refractivity contribution in [2.75, 3.05) is 20.8 Å². The van der Waals surface area contributed by atoms with E-state index in [1.165, 1.54) is 5.56 Å². The van der Waals surface area contributed by atoms with Crippen molar-refractivity contribution < 1.29 is 14.3 Å². The molecule has 2 N–H and O–H groups in total. The highest BCUT2D eigenvalue weighted by Crippen LogP contribution is 2.25. The number of benzene rings is 2. The minimum atomic E-state index is -0.0716. The van der Waals surface area contributed by atoms with E-state index in [1.807, 2.05) is 43.3 Å². The Labute approximate surface area is 153 Å². The van der Waals surface area contributed by atoms with Crippen LogP contribution in [0.5, 0.6) is 11.5 Å². The lowest BCUT2D eigenvalue weighted by Crippen LogP contribution is -2.25. The Morgan fingerprint density at radius 2 is 1.88 bits per heavy atom. The van der Waals surface area contributed by atoms with Crippen LogP contribution < -0.4 is 14.8 Å². The lowest BCUT2D eigenvalue weighted by molar-refractivity contribution is 0.0954. The van der Waals surface area contributed by atoms with Gasteiger partial charge in [-0.05, 0) is 55.7 Å². The largest absolute Gasteiger partial charge is 0.497 e. The number of hydrogen-bond acceptors (Lipinski definition) is 3. The maximum Gasteiger partial charge on any atom is 0.251 e. The molecule has 0 saturated heterocycles. The van der Waals surface area contributed by atoms with Crippen molar-refractivity contribution in [2.45, 2.75) is 20.3 Å². The summed E-state index contributed by atoms with van der Waals surface area (Å²) in [5.74, 6) is 1.44. The molecule has 0 unspecified atom stereocenters. The Kier molecular flexibility index (Phi) is 5.16. The van der Waals surface area contributed by atoms with Crippen LogP contribution in [-0.2, 0) is 6.42 Å². The minimum absolute atomic E-state index is 0.0716. The molecule has 0 spiro atoms. The van der Waals surface area contributed by atoms with Gasteiger partial charge in [-0.2, -0.15) is 0 Å². The van der Waals surface area contributed by atoms with E-state index in [1.54, 1.807) is 14.2 Å². The molecular weight excluding hydrogens is 328 g/mol. The molecule has 136 valence electrons. The van der Waals surface area contributed by atoms with Gasteiger partial charge in [-0.1, -0.05) is 6.07 Å². The fourth-order valence-corrected chi connectivity index (χ4v) is 3.07. The lowest BCUT2D eigenvalue weighted by atomic mass is 10.1. The van der Waals surface area contributed by atoms with Crippen LogP contribution in [0.4, 0.5) is 0 Å². The Morgan fingerprint density at radius 1 is 1.08 bits per heavy atom. The van der Waals surface area contributed by atoms with E-state index < -0.39 is 0 Å². The Hall–Kier alpha value is -2.95. The van der Waals surface area contributed by atoms with E-state index in [0.29, 0.717) is 18.5 Å². The predicted molar refractivity (Wildman–Crippen MR) is 103 cm³/mol. The number of aromatic nitrogens is 1. The van der Waals surface area contributed by atoms with Gasteiger partial charge in [-0.25, -0.2) is 0 Å². The average molecular weight is 352 g/mol. The minimum Gasteiger partial charge on any atom is -0.497 e. The van der Waals surface area contributed by atoms with Crippen molar-refractivity contribution in [2.24, 2.45) is 0 Å². The number of amides is 1. The number of hydrogen-bond donors (Lipinski definition) is 2. The van der Waals surface area contributed by atoms with E-state index >= 15 is 0 Å². The van der Waals surface area contributed by atoms with Crippen molar-refractivity contribution >= 4 is 16.8 Å². The summed E-state index contributed by atoms with van der Waals surface area (Å²) in [5.41, 5.74) is 5.06. The molecule has 1 heterocycles. The van der Waals surface area contributed by atoms with Crippen LogP contribution in [0, 0.1) is 13.8 Å². The number of fused-ring (bicyclic) bond motifs is 1. The monoisotopic (exact) mass is 352 g/mol. The number of carbonyl (C=O) groups is 1. The van der Waals surface area contributed by atoms with Gasteiger partial charge in [-0.3, -0.25) is 4.79 Å². The molecule has 1 aromatic heterocycles. The molecule has 0 fully saturated rings. The summed E-state index contributed by atoms with van der Waals surface area (Å²) in [4.78, 5) is 15.8. The van der Waals surface area contributed by atoms with Gasteiger partial charge >= 0.3 is 0 Å². The second-order valence-electron chi connectivity index (χ2n) is 6.32. The summed E-state index contributed by atoms with van der Waals surface area (Å²) in [6.07, 6.45) is 0.684. The molecule has 5 heteroatoms. The molecule has 0 radical (unpaired) electrons. The van der Waals surface area contributed by atoms with Crippen molar-refractivity contribution in [3.63, 3.8) is 0 Å². The van der Waals surface area contributed by atoms with E-state index in [0.717, 1.165) is 33.7 Å². The Morgan fingerprint density at radius 3 is 2.62 bits per heavy atom. The van der Waals surface area contributed by atoms with Crippen LogP contribution in [0.1, 0.15) is 27.2 Å². The van der Waals surface area contributed by atoms with Crippen molar-refractivity contribution in [1.29, 1.82) is 0 Å². The van der Waals surface area contributed by atoms with Crippen molar-refractivity contribution in [3.05, 3.63) is 58.8 Å². The summed E-state index contributed by atoms with van der Waals surface area (Å²) >= 11 is 0. The molecule has 3 rings (SSSR count). The first-order valence-corrected chi connectivity index (χ1v) is 8.61. The van der Waals surface area contributed by atoms with Gasteiger partial charge in [0.1, 0.15) is 11.5 Å². The molecule has 5 nitrogen and oxygen atoms in total. The fraction of sp³-hybridized carbons (Fsp3) is 0.286. The number of ether oxygens (including phenoxy) is 2. The molecule has 0 bridgehead atoms. The number of nitrogens with one attached hydrogen (secondary N) is 2. The lowest BCUT2D eigenvalue weighted by Gasteiger charge is -2.11. The average Bonchev–Trinajstić information content (AvgIpc) is 2.95. The van der Waals surface area contributed by atoms with E-state index in [-0.39, 0.29) is 5.91 Å². The van der Waals surface area contributed by atoms with E-state index in [2.05, 4.69) is 17.2 Å². The smallest absolute Gasteiger partial charge is 0.251 e. The number of aryl methyl sites for hydroxylation is 2. The molecule has 0 aliphatic rings. The van der Waals surface area contributed by atoms with Crippen LogP contribution in [0.25, 0.3) is 10.9 Å². The van der Waals surface area contributed by atoms with Gasteiger partial charge < -0.3 is 19.8 Å². The van der Waals surface area contributed by atoms with E-state index in [4.69, 9.17) is 9.47 Å². The zero-order chi connectivity index (χ0) is 18.7. The molecule has 0 aliphatic heterocycles. The Bertz CT molecular complexity index is 944. The highest BCUT2D eigenvalue weighted by atomic mass is 16.5. The second kappa shape index (κ2) is 7.52. The third-order valence-electron chi connectivity index (χ3n) is 4.74. The van der Waals surface area contributed by atoms with Crippen LogP contribution in [0.15, 0.2) is 36.4 Å². The van der Waals surface area contributed by atoms with Gasteiger partial charge in [0, 0.05) is 34.8 Å². The Balaban J connectivity index is 1.67. The zero-order valence-electron chi connectivity index (χ0n) is 15.6. The van der Waals surface area contributed by atoms with Gasteiger partial charge in [0.15, 0.2) is 0 Å². The first kappa shape index (κ1) is 17.9. The maximum atomic E-state index is 12.5. The fourth-order valence-electron chi connectivity index (χ4n) is 3.07. The first-order valence-electron chi connectivity index (χ1n) is 8.61. The van der Waals surface area contributed by atoms with Gasteiger partial charge in [0.2, 0.25) is 0 Å². The SMILES string of the molecule is COc1ccc(CCNC(=O)c2ccc3[nH]c(C)c(C)c3c2)c(OC)c1. The normalized spacial score (nSPS) is 10.8. The molecule has 0 aliphatic carbocycles. The molecule has 0 saturated carbocycles. The van der Waals surface area contributed by atoms with Crippen LogP contribution >= 0.6 is 0 Å². The third-order valence-corrected chi connectivity index (χ3v) is 4.74. The molecule has 2 aromatic carbocycles. The van der Waals surface area contributed by atoms with Gasteiger partial charge in [-0.15, -0.1) is 0 Å². The quantitative estimate of drug-likeness (QED) is 0.710. The second-order valence-corrected chi connectivity index (χ2v) is 6.32. The number of carbonyl (C=O) groups excluding carboxylic acids is 1. The van der Waals surface area contributed by atoms with Gasteiger partial charge in [0.25, 0.3) is 5.91 Å². The number of H-pyrrole nitrogens is 1. The van der Waals surface area contributed by atoms with Gasteiger partial charge in [0.05, 0.1) is 14.2 Å². The van der Waals surface area contributed by atoms with Crippen LogP contribution in [0.2, 0.25) is 0 Å². The molecule has 3 aromatic rings. The molecule has 0 atom stereocenters. The maximum absolute atomic E-state index is 12.5. The molecular formula is C21H24N2O3. The summed E-state index contributed by atoms with van der Waals surface area (Å²) < 4.78 is 10.6. The first-order chi connectivity index (χ1) is 12.5.